The minimum atomic E-state index is 0.137. The van der Waals surface area contributed by atoms with Crippen molar-refractivity contribution in [2.45, 2.75) is 13.8 Å². The summed E-state index contributed by atoms with van der Waals surface area (Å²) in [5.74, 6) is 1.40. The number of aromatic nitrogens is 2. The highest BCUT2D eigenvalue weighted by Gasteiger charge is 2.13. The average molecular weight is 404 g/mol. The van der Waals surface area contributed by atoms with Crippen LogP contribution in [-0.2, 0) is 0 Å². The molecule has 2 heterocycles. The third-order valence-electron chi connectivity index (χ3n) is 4.66. The fourth-order valence-electron chi connectivity index (χ4n) is 3.03. The largest absolute Gasteiger partial charge is 0.507 e. The van der Waals surface area contributed by atoms with Gasteiger partial charge in [-0.1, -0.05) is 29.8 Å². The van der Waals surface area contributed by atoms with Gasteiger partial charge in [0.05, 0.1) is 18.2 Å². The fraction of sp³-hybridized carbons (Fsp3) is 0.136. The summed E-state index contributed by atoms with van der Waals surface area (Å²) < 4.78 is 5.24. The third-order valence-corrected chi connectivity index (χ3v) is 5.54. The summed E-state index contributed by atoms with van der Waals surface area (Å²) in [7, 11) is 1.59. The maximum atomic E-state index is 10.2. The summed E-state index contributed by atoms with van der Waals surface area (Å²) in [4.78, 5) is 9.67. The van der Waals surface area contributed by atoms with Gasteiger partial charge in [0, 0.05) is 16.5 Å². The van der Waals surface area contributed by atoms with Gasteiger partial charge in [0.1, 0.15) is 22.7 Å². The van der Waals surface area contributed by atoms with Gasteiger partial charge in [0.15, 0.2) is 5.82 Å². The van der Waals surface area contributed by atoms with E-state index in [-0.39, 0.29) is 5.75 Å². The number of nitrogens with one attached hydrogen (secondary N) is 1. The van der Waals surface area contributed by atoms with Gasteiger partial charge < -0.3 is 9.84 Å². The molecule has 0 atom stereocenters. The number of anilines is 1. The van der Waals surface area contributed by atoms with Crippen LogP contribution >= 0.6 is 11.3 Å². The molecule has 0 aliphatic rings. The first kappa shape index (κ1) is 18.9. The zero-order chi connectivity index (χ0) is 20.4. The summed E-state index contributed by atoms with van der Waals surface area (Å²) in [6.07, 6.45) is 1.52. The quantitative estimate of drug-likeness (QED) is 0.352. The number of fused-ring (bicyclic) bond motifs is 1. The second-order valence-corrected chi connectivity index (χ2v) is 7.47. The van der Waals surface area contributed by atoms with Crippen LogP contribution in [0.4, 0.5) is 5.82 Å². The first-order chi connectivity index (χ1) is 14.1. The number of hydrogen-bond acceptors (Lipinski definition) is 7. The average Bonchev–Trinajstić information content (AvgIpc) is 3.18. The van der Waals surface area contributed by atoms with Crippen LogP contribution in [0.1, 0.15) is 18.1 Å². The Morgan fingerprint density at radius 1 is 1.14 bits per heavy atom. The number of methoxy groups -OCH3 is 1. The second kappa shape index (κ2) is 7.89. The van der Waals surface area contributed by atoms with Crippen molar-refractivity contribution in [1.82, 2.24) is 9.97 Å². The van der Waals surface area contributed by atoms with E-state index in [0.717, 1.165) is 21.3 Å². The number of aryl methyl sites for hydroxylation is 1. The van der Waals surface area contributed by atoms with E-state index in [2.05, 4.69) is 57.1 Å². The van der Waals surface area contributed by atoms with Gasteiger partial charge in [-0.3, -0.25) is 5.43 Å². The number of hydrazone groups is 1. The summed E-state index contributed by atoms with van der Waals surface area (Å²) in [5.41, 5.74) is 7.62. The molecular formula is C22H20N4O2S. The van der Waals surface area contributed by atoms with E-state index in [0.29, 0.717) is 22.8 Å². The second-order valence-electron chi connectivity index (χ2n) is 6.61. The molecule has 2 aromatic heterocycles. The number of benzene rings is 2. The summed E-state index contributed by atoms with van der Waals surface area (Å²) >= 11 is 1.57. The molecule has 0 amide bonds. The minimum Gasteiger partial charge on any atom is -0.507 e. The predicted molar refractivity (Wildman–Crippen MR) is 118 cm³/mol. The molecule has 0 aliphatic carbocycles. The van der Waals surface area contributed by atoms with Crippen LogP contribution in [0.3, 0.4) is 0 Å². The number of rotatable bonds is 5. The first-order valence-corrected chi connectivity index (χ1v) is 9.91. The lowest BCUT2D eigenvalue weighted by Gasteiger charge is -2.09. The Morgan fingerprint density at radius 2 is 1.93 bits per heavy atom. The molecule has 29 heavy (non-hydrogen) atoms. The number of phenolic OH excluding ortho intramolecular Hbond substituents is 1. The smallest absolute Gasteiger partial charge is 0.159 e. The molecule has 0 spiro atoms. The lowest BCUT2D eigenvalue weighted by atomic mass is 10.0. The summed E-state index contributed by atoms with van der Waals surface area (Å²) in [6.45, 7) is 3.88. The van der Waals surface area contributed by atoms with Crippen molar-refractivity contribution in [3.8, 4) is 22.6 Å². The van der Waals surface area contributed by atoms with E-state index < -0.39 is 0 Å². The molecule has 0 aliphatic heterocycles. The van der Waals surface area contributed by atoms with Crippen molar-refractivity contribution in [3.63, 3.8) is 0 Å². The van der Waals surface area contributed by atoms with Crippen molar-refractivity contribution >= 4 is 33.1 Å². The monoisotopic (exact) mass is 404 g/mol. The van der Waals surface area contributed by atoms with Crippen molar-refractivity contribution in [2.75, 3.05) is 12.5 Å². The standard InChI is InChI=1S/C22H20N4O2S/c1-13-4-6-15(7-5-13)18-11-29-22-20(18)21(23-12-24-22)26-25-14(2)17-10-16(28-3)8-9-19(17)27/h4-12,27H,1-3H3,(H,23,24,26)/b25-14+. The molecule has 7 heteroatoms. The van der Waals surface area contributed by atoms with Crippen LogP contribution in [0, 0.1) is 6.92 Å². The number of aromatic hydroxyl groups is 1. The SMILES string of the molecule is COc1ccc(O)c(/C(C)=N/Nc2ncnc3scc(-c4ccc(C)cc4)c23)c1. The normalized spacial score (nSPS) is 11.6. The van der Waals surface area contributed by atoms with E-state index in [1.165, 1.54) is 11.9 Å². The van der Waals surface area contributed by atoms with Crippen molar-refractivity contribution in [2.24, 2.45) is 5.10 Å². The zero-order valence-electron chi connectivity index (χ0n) is 16.3. The highest BCUT2D eigenvalue weighted by atomic mass is 32.1. The molecule has 0 fully saturated rings. The zero-order valence-corrected chi connectivity index (χ0v) is 17.1. The number of ether oxygens (including phenoxy) is 1. The molecule has 0 unspecified atom stereocenters. The van der Waals surface area contributed by atoms with Crippen LogP contribution in [-0.4, -0.2) is 27.9 Å². The van der Waals surface area contributed by atoms with Gasteiger partial charge in [-0.15, -0.1) is 11.3 Å². The van der Waals surface area contributed by atoms with Crippen LogP contribution in [0.5, 0.6) is 11.5 Å². The van der Waals surface area contributed by atoms with E-state index in [4.69, 9.17) is 4.74 Å². The van der Waals surface area contributed by atoms with Gasteiger partial charge in [-0.25, -0.2) is 9.97 Å². The van der Waals surface area contributed by atoms with Crippen LogP contribution in [0.2, 0.25) is 0 Å². The van der Waals surface area contributed by atoms with Gasteiger partial charge in [-0.05, 0) is 37.6 Å². The maximum absolute atomic E-state index is 10.2. The van der Waals surface area contributed by atoms with Gasteiger partial charge in [0.25, 0.3) is 0 Å². The molecule has 146 valence electrons. The van der Waals surface area contributed by atoms with Crippen molar-refractivity contribution < 1.29 is 9.84 Å². The van der Waals surface area contributed by atoms with Crippen LogP contribution in [0.25, 0.3) is 21.3 Å². The number of nitrogens with zero attached hydrogens (tertiary/aromatic N) is 3. The highest BCUT2D eigenvalue weighted by Crippen LogP contribution is 2.36. The molecule has 0 radical (unpaired) electrons. The summed E-state index contributed by atoms with van der Waals surface area (Å²) in [6, 6.07) is 13.4. The fourth-order valence-corrected chi connectivity index (χ4v) is 3.95. The lowest BCUT2D eigenvalue weighted by Crippen LogP contribution is -2.02. The number of phenols is 1. The molecule has 2 aromatic carbocycles. The van der Waals surface area contributed by atoms with E-state index in [1.807, 2.05) is 6.92 Å². The van der Waals surface area contributed by atoms with Crippen molar-refractivity contribution in [3.05, 3.63) is 65.3 Å². The third kappa shape index (κ3) is 3.77. The lowest BCUT2D eigenvalue weighted by molar-refractivity contribution is 0.412. The molecule has 0 saturated heterocycles. The number of thiophene rings is 1. The first-order valence-electron chi connectivity index (χ1n) is 9.03. The Hall–Kier alpha value is -3.45. The molecule has 0 bridgehead atoms. The van der Waals surface area contributed by atoms with Gasteiger partial charge in [0.2, 0.25) is 0 Å². The molecule has 0 saturated carbocycles. The Morgan fingerprint density at radius 3 is 2.69 bits per heavy atom. The van der Waals surface area contributed by atoms with Crippen LogP contribution in [0.15, 0.2) is 59.3 Å². The maximum Gasteiger partial charge on any atom is 0.159 e. The van der Waals surface area contributed by atoms with Gasteiger partial charge >= 0.3 is 0 Å². The van der Waals surface area contributed by atoms with Crippen molar-refractivity contribution in [1.29, 1.82) is 0 Å². The molecular weight excluding hydrogens is 384 g/mol. The molecule has 2 N–H and O–H groups in total. The van der Waals surface area contributed by atoms with E-state index >= 15 is 0 Å². The Balaban J connectivity index is 1.72. The predicted octanol–water partition coefficient (Wildman–Crippen LogP) is 5.22. The number of hydrogen-bond donors (Lipinski definition) is 2. The molecule has 6 nitrogen and oxygen atoms in total. The van der Waals surface area contributed by atoms with Gasteiger partial charge in [-0.2, -0.15) is 5.10 Å². The van der Waals surface area contributed by atoms with E-state index in [9.17, 15) is 5.11 Å². The summed E-state index contributed by atoms with van der Waals surface area (Å²) in [5, 5.41) is 17.6. The molecule has 4 rings (SSSR count). The van der Waals surface area contributed by atoms with E-state index in [1.54, 1.807) is 36.6 Å². The van der Waals surface area contributed by atoms with Crippen LogP contribution < -0.4 is 10.2 Å². The Kier molecular flexibility index (Phi) is 5.14. The Labute approximate surface area is 172 Å². The highest BCUT2D eigenvalue weighted by molar-refractivity contribution is 7.17. The minimum absolute atomic E-state index is 0.137. The topological polar surface area (TPSA) is 79.6 Å². The Bertz CT molecular complexity index is 1200. The molecule has 4 aromatic rings.